The SMILES string of the molecule is CCN(CC(C)(C)O)C(=O)c1csc(C#CCCO)c1. The Morgan fingerprint density at radius 3 is 2.75 bits per heavy atom. The van der Waals surface area contributed by atoms with E-state index in [0.717, 1.165) is 4.88 Å². The molecule has 1 rings (SSSR count). The van der Waals surface area contributed by atoms with Crippen molar-refractivity contribution in [3.8, 4) is 11.8 Å². The summed E-state index contributed by atoms with van der Waals surface area (Å²) in [6, 6.07) is 1.75. The Morgan fingerprint density at radius 1 is 1.50 bits per heavy atom. The Morgan fingerprint density at radius 2 is 2.20 bits per heavy atom. The van der Waals surface area contributed by atoms with Crippen LogP contribution in [0.4, 0.5) is 0 Å². The second kappa shape index (κ2) is 7.44. The highest BCUT2D eigenvalue weighted by atomic mass is 32.1. The average molecular weight is 295 g/mol. The van der Waals surface area contributed by atoms with Gasteiger partial charge in [-0.05, 0) is 26.8 Å². The molecule has 1 heterocycles. The van der Waals surface area contributed by atoms with Gasteiger partial charge in [0.15, 0.2) is 0 Å². The zero-order valence-corrected chi connectivity index (χ0v) is 13.0. The van der Waals surface area contributed by atoms with E-state index in [9.17, 15) is 9.90 Å². The molecular weight excluding hydrogens is 274 g/mol. The third kappa shape index (κ3) is 5.33. The van der Waals surface area contributed by atoms with E-state index >= 15 is 0 Å². The molecule has 0 aliphatic rings. The molecular formula is C15H21NO3S. The van der Waals surface area contributed by atoms with Gasteiger partial charge < -0.3 is 15.1 Å². The van der Waals surface area contributed by atoms with E-state index < -0.39 is 5.60 Å². The first-order chi connectivity index (χ1) is 9.37. The number of hydrogen-bond donors (Lipinski definition) is 2. The maximum Gasteiger partial charge on any atom is 0.254 e. The molecule has 1 aromatic rings. The molecule has 2 N–H and O–H groups in total. The number of aliphatic hydroxyl groups is 2. The number of carbonyl (C=O) groups excluding carboxylic acids is 1. The topological polar surface area (TPSA) is 60.8 Å². The van der Waals surface area contributed by atoms with Crippen molar-refractivity contribution in [3.63, 3.8) is 0 Å². The van der Waals surface area contributed by atoms with E-state index in [1.165, 1.54) is 11.3 Å². The first-order valence-corrected chi connectivity index (χ1v) is 7.45. The number of likely N-dealkylation sites (N-methyl/N-ethyl adjacent to an activating group) is 1. The van der Waals surface area contributed by atoms with Crippen LogP contribution in [0.15, 0.2) is 11.4 Å². The first-order valence-electron chi connectivity index (χ1n) is 6.57. The minimum Gasteiger partial charge on any atom is -0.395 e. The van der Waals surface area contributed by atoms with E-state index in [4.69, 9.17) is 5.11 Å². The second-order valence-corrected chi connectivity index (χ2v) is 6.02. The molecule has 0 atom stereocenters. The van der Waals surface area contributed by atoms with Crippen LogP contribution in [-0.4, -0.2) is 46.3 Å². The molecule has 0 saturated carbocycles. The van der Waals surface area contributed by atoms with Crippen molar-refractivity contribution in [3.05, 3.63) is 21.9 Å². The number of rotatable bonds is 5. The number of amides is 1. The van der Waals surface area contributed by atoms with Gasteiger partial charge in [0.25, 0.3) is 5.91 Å². The zero-order chi connectivity index (χ0) is 15.2. The maximum absolute atomic E-state index is 12.3. The van der Waals surface area contributed by atoms with Crippen LogP contribution in [0.25, 0.3) is 0 Å². The van der Waals surface area contributed by atoms with Crippen LogP contribution in [0, 0.1) is 11.8 Å². The summed E-state index contributed by atoms with van der Waals surface area (Å²) in [5.41, 5.74) is -0.319. The number of nitrogens with zero attached hydrogens (tertiary/aromatic N) is 1. The van der Waals surface area contributed by atoms with Crippen molar-refractivity contribution in [2.45, 2.75) is 32.8 Å². The van der Waals surface area contributed by atoms with E-state index in [1.807, 2.05) is 6.92 Å². The Hall–Kier alpha value is -1.35. The molecule has 1 aromatic heterocycles. The van der Waals surface area contributed by atoms with Crippen LogP contribution in [0.3, 0.4) is 0 Å². The van der Waals surface area contributed by atoms with Gasteiger partial charge in [0.2, 0.25) is 0 Å². The smallest absolute Gasteiger partial charge is 0.254 e. The number of thiophene rings is 1. The molecule has 4 nitrogen and oxygen atoms in total. The lowest BCUT2D eigenvalue weighted by molar-refractivity contribution is 0.0315. The summed E-state index contributed by atoms with van der Waals surface area (Å²) in [5.74, 6) is 5.65. The molecule has 0 bridgehead atoms. The fourth-order valence-corrected chi connectivity index (χ4v) is 2.45. The molecule has 0 radical (unpaired) electrons. The molecule has 1 amide bonds. The van der Waals surface area contributed by atoms with Gasteiger partial charge >= 0.3 is 0 Å². The van der Waals surface area contributed by atoms with E-state index in [1.54, 1.807) is 30.2 Å². The molecule has 0 saturated heterocycles. The van der Waals surface area contributed by atoms with Crippen molar-refractivity contribution in [1.82, 2.24) is 4.90 Å². The monoisotopic (exact) mass is 295 g/mol. The molecule has 110 valence electrons. The van der Waals surface area contributed by atoms with E-state index in [-0.39, 0.29) is 12.5 Å². The van der Waals surface area contributed by atoms with Gasteiger partial charge in [-0.25, -0.2) is 0 Å². The van der Waals surface area contributed by atoms with Crippen LogP contribution in [-0.2, 0) is 0 Å². The summed E-state index contributed by atoms with van der Waals surface area (Å²) in [6.45, 7) is 6.13. The average Bonchev–Trinajstić information content (AvgIpc) is 2.83. The predicted octanol–water partition coefficient (Wildman–Crippen LogP) is 1.71. The molecule has 5 heteroatoms. The first kappa shape index (κ1) is 16.7. The summed E-state index contributed by atoms with van der Waals surface area (Å²) in [7, 11) is 0. The molecule has 20 heavy (non-hydrogen) atoms. The normalized spacial score (nSPS) is 10.8. The fraction of sp³-hybridized carbons (Fsp3) is 0.533. The van der Waals surface area contributed by atoms with Crippen LogP contribution in [0.2, 0.25) is 0 Å². The third-order valence-corrected chi connectivity index (χ3v) is 3.39. The molecule has 0 fully saturated rings. The highest BCUT2D eigenvalue weighted by Gasteiger charge is 2.22. The summed E-state index contributed by atoms with van der Waals surface area (Å²) in [5, 5.41) is 20.3. The third-order valence-electron chi connectivity index (χ3n) is 2.54. The Balaban J connectivity index is 2.79. The summed E-state index contributed by atoms with van der Waals surface area (Å²) < 4.78 is 0. The molecule has 0 aromatic carbocycles. The minimum atomic E-state index is -0.911. The summed E-state index contributed by atoms with van der Waals surface area (Å²) >= 11 is 1.41. The van der Waals surface area contributed by atoms with Gasteiger partial charge in [-0.1, -0.05) is 11.8 Å². The van der Waals surface area contributed by atoms with Gasteiger partial charge in [0, 0.05) is 24.9 Å². The standard InChI is InChI=1S/C15H21NO3S/c1-4-16(11-15(2,3)19)14(18)12-9-13(20-10-12)7-5-6-8-17/h9-10,17,19H,4,6,8,11H2,1-3H3. The highest BCUT2D eigenvalue weighted by Crippen LogP contribution is 2.17. The van der Waals surface area contributed by atoms with Crippen LogP contribution in [0.5, 0.6) is 0 Å². The maximum atomic E-state index is 12.3. The number of hydrogen-bond acceptors (Lipinski definition) is 4. The van der Waals surface area contributed by atoms with Gasteiger partial charge in [0.1, 0.15) is 0 Å². The molecule has 0 aliphatic carbocycles. The van der Waals surface area contributed by atoms with Gasteiger partial charge in [-0.3, -0.25) is 4.79 Å². The summed E-state index contributed by atoms with van der Waals surface area (Å²) in [4.78, 5) is 14.8. The second-order valence-electron chi connectivity index (χ2n) is 5.11. The summed E-state index contributed by atoms with van der Waals surface area (Å²) in [6.07, 6.45) is 0.432. The largest absolute Gasteiger partial charge is 0.395 e. The fourth-order valence-electron chi connectivity index (χ4n) is 1.70. The molecule has 0 unspecified atom stereocenters. The highest BCUT2D eigenvalue weighted by molar-refractivity contribution is 7.10. The Bertz CT molecular complexity index is 505. The lowest BCUT2D eigenvalue weighted by atomic mass is 10.1. The molecule has 0 spiro atoms. The Kier molecular flexibility index (Phi) is 6.21. The van der Waals surface area contributed by atoms with Gasteiger partial charge in [-0.2, -0.15) is 0 Å². The number of carbonyl (C=O) groups is 1. The van der Waals surface area contributed by atoms with Crippen molar-refractivity contribution >= 4 is 17.2 Å². The number of aliphatic hydroxyl groups excluding tert-OH is 1. The van der Waals surface area contributed by atoms with Crippen LogP contribution >= 0.6 is 11.3 Å². The van der Waals surface area contributed by atoms with Gasteiger partial charge in [0.05, 0.1) is 22.6 Å². The van der Waals surface area contributed by atoms with Crippen molar-refractivity contribution in [2.24, 2.45) is 0 Å². The van der Waals surface area contributed by atoms with E-state index in [2.05, 4.69) is 11.8 Å². The van der Waals surface area contributed by atoms with E-state index in [0.29, 0.717) is 25.1 Å². The van der Waals surface area contributed by atoms with Crippen molar-refractivity contribution in [1.29, 1.82) is 0 Å². The predicted molar refractivity (Wildman–Crippen MR) is 80.8 cm³/mol. The quantitative estimate of drug-likeness (QED) is 0.813. The molecule has 0 aliphatic heterocycles. The lowest BCUT2D eigenvalue weighted by Crippen LogP contribution is -2.42. The van der Waals surface area contributed by atoms with Crippen LogP contribution in [0.1, 0.15) is 42.4 Å². The Labute approximate surface area is 124 Å². The van der Waals surface area contributed by atoms with Crippen molar-refractivity contribution < 1.29 is 15.0 Å². The van der Waals surface area contributed by atoms with Gasteiger partial charge in [-0.15, -0.1) is 11.3 Å². The van der Waals surface area contributed by atoms with Crippen LogP contribution < -0.4 is 0 Å². The minimum absolute atomic E-state index is 0.0410. The zero-order valence-electron chi connectivity index (χ0n) is 12.1. The lowest BCUT2D eigenvalue weighted by Gasteiger charge is -2.27. The van der Waals surface area contributed by atoms with Crippen molar-refractivity contribution in [2.75, 3.05) is 19.7 Å².